The van der Waals surface area contributed by atoms with Gasteiger partial charge in [0.1, 0.15) is 0 Å². The Kier molecular flexibility index (Phi) is 6.06. The highest BCUT2D eigenvalue weighted by Crippen LogP contribution is 2.27. The first kappa shape index (κ1) is 16.4. The lowest BCUT2D eigenvalue weighted by Crippen LogP contribution is -2.31. The number of hydrogen-bond donors (Lipinski definition) is 2. The minimum absolute atomic E-state index is 0.271. The highest BCUT2D eigenvalue weighted by atomic mass is 16.5. The van der Waals surface area contributed by atoms with E-state index in [4.69, 9.17) is 9.47 Å². The van der Waals surface area contributed by atoms with Crippen molar-refractivity contribution in [3.63, 3.8) is 0 Å². The van der Waals surface area contributed by atoms with Crippen LogP contribution in [0.1, 0.15) is 11.1 Å². The summed E-state index contributed by atoms with van der Waals surface area (Å²) in [5.74, 6) is 1.29. The van der Waals surface area contributed by atoms with Gasteiger partial charge in [-0.1, -0.05) is 36.4 Å². The van der Waals surface area contributed by atoms with Gasteiger partial charge in [-0.15, -0.1) is 0 Å². The molecule has 2 aromatic rings. The van der Waals surface area contributed by atoms with Crippen molar-refractivity contribution in [1.29, 1.82) is 0 Å². The smallest absolute Gasteiger partial charge is 0.319 e. The maximum absolute atomic E-state index is 11.8. The van der Waals surface area contributed by atoms with Gasteiger partial charge in [0, 0.05) is 12.7 Å². The van der Waals surface area contributed by atoms with Crippen LogP contribution in [0.4, 0.5) is 4.79 Å². The Labute approximate surface area is 135 Å². The van der Waals surface area contributed by atoms with Crippen molar-refractivity contribution in [3.05, 3.63) is 65.9 Å². The van der Waals surface area contributed by atoms with E-state index in [2.05, 4.69) is 10.6 Å². The van der Waals surface area contributed by atoms with Crippen LogP contribution in [0.2, 0.25) is 0 Å². The lowest BCUT2D eigenvalue weighted by molar-refractivity contribution is 0.244. The largest absolute Gasteiger partial charge is 0.493 e. The van der Waals surface area contributed by atoms with Crippen LogP contribution in [0, 0.1) is 0 Å². The molecule has 0 saturated heterocycles. The molecule has 5 nitrogen and oxygen atoms in total. The minimum Gasteiger partial charge on any atom is -0.493 e. The van der Waals surface area contributed by atoms with E-state index in [1.54, 1.807) is 20.4 Å². The van der Waals surface area contributed by atoms with E-state index >= 15 is 0 Å². The van der Waals surface area contributed by atoms with Crippen molar-refractivity contribution in [2.75, 3.05) is 14.2 Å². The molecule has 2 N–H and O–H groups in total. The number of amides is 2. The van der Waals surface area contributed by atoms with Crippen molar-refractivity contribution >= 4 is 12.1 Å². The molecule has 0 atom stereocenters. The maximum atomic E-state index is 11.8. The molecule has 2 rings (SSSR count). The number of nitrogens with one attached hydrogen (secondary N) is 2. The number of carbonyl (C=O) groups is 1. The molecule has 2 amide bonds. The van der Waals surface area contributed by atoms with E-state index in [0.29, 0.717) is 18.0 Å². The summed E-state index contributed by atoms with van der Waals surface area (Å²) in [4.78, 5) is 11.8. The first-order valence-electron chi connectivity index (χ1n) is 7.20. The van der Waals surface area contributed by atoms with E-state index in [0.717, 1.165) is 11.1 Å². The molecule has 23 heavy (non-hydrogen) atoms. The fourth-order valence-corrected chi connectivity index (χ4v) is 2.00. The number of ether oxygens (including phenoxy) is 2. The van der Waals surface area contributed by atoms with E-state index in [9.17, 15) is 4.79 Å². The normalized spacial score (nSPS) is 10.3. The predicted molar refractivity (Wildman–Crippen MR) is 90.4 cm³/mol. The van der Waals surface area contributed by atoms with Gasteiger partial charge in [0.15, 0.2) is 11.5 Å². The van der Waals surface area contributed by atoms with Crippen molar-refractivity contribution in [3.8, 4) is 11.5 Å². The van der Waals surface area contributed by atoms with Gasteiger partial charge in [-0.2, -0.15) is 0 Å². The predicted octanol–water partition coefficient (Wildman–Crippen LogP) is 3.17. The number of benzene rings is 2. The van der Waals surface area contributed by atoms with Crippen LogP contribution in [0.3, 0.4) is 0 Å². The molecule has 0 radical (unpaired) electrons. The summed E-state index contributed by atoms with van der Waals surface area (Å²) in [6, 6.07) is 15.0. The van der Waals surface area contributed by atoms with Crippen molar-refractivity contribution in [1.82, 2.24) is 10.6 Å². The Morgan fingerprint density at radius 1 is 1.04 bits per heavy atom. The van der Waals surface area contributed by atoms with E-state index in [1.807, 2.05) is 54.6 Å². The van der Waals surface area contributed by atoms with Crippen LogP contribution in [-0.4, -0.2) is 20.3 Å². The first-order valence-corrected chi connectivity index (χ1v) is 7.20. The topological polar surface area (TPSA) is 59.6 Å². The van der Waals surface area contributed by atoms with Gasteiger partial charge in [0.25, 0.3) is 0 Å². The van der Waals surface area contributed by atoms with Gasteiger partial charge in [0.2, 0.25) is 0 Å². The van der Waals surface area contributed by atoms with E-state index < -0.39 is 0 Å². The number of carbonyl (C=O) groups excluding carboxylic acids is 1. The molecule has 0 fully saturated rings. The van der Waals surface area contributed by atoms with Crippen LogP contribution in [0.5, 0.6) is 11.5 Å². The number of urea groups is 1. The molecule has 0 unspecified atom stereocenters. The molecule has 120 valence electrons. The SMILES string of the molecule is COc1ccc(CNC(=O)N/C=C/c2ccccc2)cc1OC. The minimum atomic E-state index is -0.271. The molecule has 0 spiro atoms. The Balaban J connectivity index is 1.83. The van der Waals surface area contributed by atoms with Gasteiger partial charge in [-0.25, -0.2) is 4.79 Å². The molecule has 0 aliphatic carbocycles. The molecule has 0 aliphatic heterocycles. The van der Waals surface area contributed by atoms with Crippen molar-refractivity contribution in [2.45, 2.75) is 6.54 Å². The van der Waals surface area contributed by atoms with Crippen LogP contribution in [0.25, 0.3) is 6.08 Å². The zero-order chi connectivity index (χ0) is 16.5. The Morgan fingerprint density at radius 3 is 2.48 bits per heavy atom. The van der Waals surface area contributed by atoms with Crippen molar-refractivity contribution < 1.29 is 14.3 Å². The van der Waals surface area contributed by atoms with Gasteiger partial charge in [0.05, 0.1) is 14.2 Å². The molecule has 0 aliphatic rings. The Hall–Kier alpha value is -2.95. The molecular formula is C18H20N2O3. The molecule has 5 heteroatoms. The van der Waals surface area contributed by atoms with Crippen LogP contribution >= 0.6 is 0 Å². The zero-order valence-corrected chi connectivity index (χ0v) is 13.2. The monoisotopic (exact) mass is 312 g/mol. The van der Waals surface area contributed by atoms with Crippen LogP contribution in [-0.2, 0) is 6.54 Å². The lowest BCUT2D eigenvalue weighted by Gasteiger charge is -2.10. The average Bonchev–Trinajstić information content (AvgIpc) is 2.60. The third kappa shape index (κ3) is 5.07. The summed E-state index contributed by atoms with van der Waals surface area (Å²) in [5, 5.41) is 5.44. The Morgan fingerprint density at radius 2 is 1.78 bits per heavy atom. The molecule has 0 aromatic heterocycles. The molecule has 0 bridgehead atoms. The molecular weight excluding hydrogens is 292 g/mol. The van der Waals surface area contributed by atoms with E-state index in [1.165, 1.54) is 0 Å². The quantitative estimate of drug-likeness (QED) is 0.861. The Bertz CT molecular complexity index is 669. The highest BCUT2D eigenvalue weighted by molar-refractivity contribution is 5.75. The van der Waals surface area contributed by atoms with E-state index in [-0.39, 0.29) is 6.03 Å². The van der Waals surface area contributed by atoms with Gasteiger partial charge < -0.3 is 20.1 Å². The number of hydrogen-bond acceptors (Lipinski definition) is 3. The molecule has 0 saturated carbocycles. The van der Waals surface area contributed by atoms with Crippen LogP contribution in [0.15, 0.2) is 54.7 Å². The van der Waals surface area contributed by atoms with Crippen LogP contribution < -0.4 is 20.1 Å². The highest BCUT2D eigenvalue weighted by Gasteiger charge is 2.05. The fourth-order valence-electron chi connectivity index (χ4n) is 2.00. The standard InChI is InChI=1S/C18H20N2O3/c1-22-16-9-8-15(12-17(16)23-2)13-20-18(21)19-11-10-14-6-4-3-5-7-14/h3-12H,13H2,1-2H3,(H2,19,20,21)/b11-10+. The zero-order valence-electron chi connectivity index (χ0n) is 13.2. The van der Waals surface area contributed by atoms with Crippen molar-refractivity contribution in [2.24, 2.45) is 0 Å². The second-order valence-corrected chi connectivity index (χ2v) is 4.76. The molecule has 2 aromatic carbocycles. The maximum Gasteiger partial charge on any atom is 0.319 e. The summed E-state index contributed by atoms with van der Waals surface area (Å²) in [6.07, 6.45) is 3.44. The lowest BCUT2D eigenvalue weighted by atomic mass is 10.2. The summed E-state index contributed by atoms with van der Waals surface area (Å²) in [7, 11) is 3.17. The second-order valence-electron chi connectivity index (χ2n) is 4.76. The summed E-state index contributed by atoms with van der Waals surface area (Å²) in [6.45, 7) is 0.394. The third-order valence-electron chi connectivity index (χ3n) is 3.19. The van der Waals surface area contributed by atoms with Gasteiger partial charge >= 0.3 is 6.03 Å². The summed E-state index contributed by atoms with van der Waals surface area (Å²) < 4.78 is 10.4. The number of methoxy groups -OCH3 is 2. The number of rotatable bonds is 6. The summed E-state index contributed by atoms with van der Waals surface area (Å²) >= 11 is 0. The van der Waals surface area contributed by atoms with Gasteiger partial charge in [-0.05, 0) is 29.3 Å². The summed E-state index contributed by atoms with van der Waals surface area (Å²) in [5.41, 5.74) is 1.94. The van der Waals surface area contributed by atoms with Gasteiger partial charge in [-0.3, -0.25) is 0 Å². The average molecular weight is 312 g/mol. The third-order valence-corrected chi connectivity index (χ3v) is 3.19. The molecule has 0 heterocycles. The fraction of sp³-hybridized carbons (Fsp3) is 0.167. The first-order chi connectivity index (χ1) is 11.2. The second kappa shape index (κ2) is 8.48.